The van der Waals surface area contributed by atoms with Crippen molar-refractivity contribution in [3.05, 3.63) is 0 Å². The summed E-state index contributed by atoms with van der Waals surface area (Å²) in [7, 11) is 0. The summed E-state index contributed by atoms with van der Waals surface area (Å²) in [6, 6.07) is 0. The van der Waals surface area contributed by atoms with E-state index in [-0.39, 0.29) is 11.4 Å². The lowest BCUT2D eigenvalue weighted by Crippen LogP contribution is -2.36. The van der Waals surface area contributed by atoms with Crippen molar-refractivity contribution in [2.45, 2.75) is 50.7 Å². The average molecular weight is 283 g/mol. The number of tetrazole rings is 1. The Labute approximate surface area is 117 Å². The molecule has 1 fully saturated rings. The Morgan fingerprint density at radius 3 is 2.58 bits per heavy atom. The summed E-state index contributed by atoms with van der Waals surface area (Å²) in [6.07, 6.45) is 3.48. The molecule has 0 unspecified atom stereocenters. The molecule has 1 aliphatic heterocycles. The van der Waals surface area contributed by atoms with E-state index in [1.807, 2.05) is 25.7 Å². The predicted octanol–water partition coefficient (Wildman–Crippen LogP) is 1.53. The number of amides is 1. The Morgan fingerprint density at radius 1 is 1.26 bits per heavy atom. The average Bonchev–Trinajstić information content (AvgIpc) is 2.85. The quantitative estimate of drug-likeness (QED) is 0.787. The number of aromatic nitrogens is 4. The highest BCUT2D eigenvalue weighted by atomic mass is 32.2. The first-order valence-electron chi connectivity index (χ1n) is 6.68. The van der Waals surface area contributed by atoms with Crippen LogP contribution in [0.4, 0.5) is 0 Å². The summed E-state index contributed by atoms with van der Waals surface area (Å²) >= 11 is 1.42. The largest absolute Gasteiger partial charge is 0.342 e. The second-order valence-corrected chi connectivity index (χ2v) is 6.72. The number of carbonyl (C=O) groups excluding carboxylic acids is 1. The molecule has 1 amide bonds. The Balaban J connectivity index is 1.92. The smallest absolute Gasteiger partial charge is 0.233 e. The van der Waals surface area contributed by atoms with E-state index in [9.17, 15) is 4.79 Å². The van der Waals surface area contributed by atoms with Crippen LogP contribution < -0.4 is 0 Å². The fourth-order valence-corrected chi connectivity index (χ4v) is 3.01. The Kier molecular flexibility index (Phi) is 4.44. The highest BCUT2D eigenvalue weighted by Crippen LogP contribution is 2.22. The highest BCUT2D eigenvalue weighted by molar-refractivity contribution is 7.99. The van der Waals surface area contributed by atoms with Crippen LogP contribution in [0.15, 0.2) is 5.16 Å². The van der Waals surface area contributed by atoms with Crippen LogP contribution in [0, 0.1) is 0 Å². The Hall–Kier alpha value is -1.11. The van der Waals surface area contributed by atoms with Crippen molar-refractivity contribution in [1.82, 2.24) is 25.1 Å². The minimum absolute atomic E-state index is 0.167. The highest BCUT2D eigenvalue weighted by Gasteiger charge is 2.22. The van der Waals surface area contributed by atoms with Gasteiger partial charge < -0.3 is 4.90 Å². The van der Waals surface area contributed by atoms with Gasteiger partial charge in [-0.2, -0.15) is 0 Å². The van der Waals surface area contributed by atoms with Crippen LogP contribution in [-0.4, -0.2) is 49.9 Å². The number of hydrogen-bond donors (Lipinski definition) is 0. The van der Waals surface area contributed by atoms with Gasteiger partial charge in [0.15, 0.2) is 0 Å². The van der Waals surface area contributed by atoms with E-state index in [4.69, 9.17) is 0 Å². The van der Waals surface area contributed by atoms with E-state index in [1.54, 1.807) is 4.68 Å². The molecule has 19 heavy (non-hydrogen) atoms. The van der Waals surface area contributed by atoms with E-state index in [0.29, 0.717) is 10.9 Å². The second kappa shape index (κ2) is 5.90. The van der Waals surface area contributed by atoms with E-state index in [2.05, 4.69) is 15.5 Å². The fourth-order valence-electron chi connectivity index (χ4n) is 2.05. The molecule has 0 bridgehead atoms. The van der Waals surface area contributed by atoms with Crippen molar-refractivity contribution >= 4 is 17.7 Å². The summed E-state index contributed by atoms with van der Waals surface area (Å²) in [5, 5.41) is 12.4. The molecular weight excluding hydrogens is 262 g/mol. The number of rotatable bonds is 3. The van der Waals surface area contributed by atoms with Gasteiger partial charge in [0.1, 0.15) is 0 Å². The zero-order valence-electron chi connectivity index (χ0n) is 11.8. The predicted molar refractivity (Wildman–Crippen MR) is 74.0 cm³/mol. The van der Waals surface area contributed by atoms with Crippen molar-refractivity contribution in [3.63, 3.8) is 0 Å². The van der Waals surface area contributed by atoms with Crippen LogP contribution in [0.3, 0.4) is 0 Å². The first-order valence-corrected chi connectivity index (χ1v) is 7.66. The zero-order chi connectivity index (χ0) is 13.9. The monoisotopic (exact) mass is 283 g/mol. The van der Waals surface area contributed by atoms with E-state index in [1.165, 1.54) is 18.2 Å². The van der Waals surface area contributed by atoms with Gasteiger partial charge in [-0.15, -0.1) is 5.10 Å². The summed E-state index contributed by atoms with van der Waals surface area (Å²) in [5.74, 6) is 0.601. The van der Waals surface area contributed by atoms with Gasteiger partial charge in [-0.3, -0.25) is 4.79 Å². The number of likely N-dealkylation sites (tertiary alicyclic amines) is 1. The summed E-state index contributed by atoms with van der Waals surface area (Å²) in [4.78, 5) is 14.0. The van der Waals surface area contributed by atoms with Crippen LogP contribution >= 0.6 is 11.8 Å². The zero-order valence-corrected chi connectivity index (χ0v) is 12.6. The molecule has 1 aromatic heterocycles. The van der Waals surface area contributed by atoms with Gasteiger partial charge >= 0.3 is 0 Å². The maximum Gasteiger partial charge on any atom is 0.233 e. The third-order valence-electron chi connectivity index (χ3n) is 3.11. The van der Waals surface area contributed by atoms with Crippen molar-refractivity contribution in [1.29, 1.82) is 0 Å². The third-order valence-corrected chi connectivity index (χ3v) is 4.01. The number of hydrogen-bond acceptors (Lipinski definition) is 5. The molecule has 106 valence electrons. The standard InChI is InChI=1S/C12H21N5OS/c1-12(2,3)17-11(13-14-15-17)19-9-10(18)16-7-5-4-6-8-16/h4-9H2,1-3H3. The summed E-state index contributed by atoms with van der Waals surface area (Å²) < 4.78 is 1.77. The number of thioether (sulfide) groups is 1. The van der Waals surface area contributed by atoms with Crippen LogP contribution in [-0.2, 0) is 10.3 Å². The lowest BCUT2D eigenvalue weighted by atomic mass is 10.1. The van der Waals surface area contributed by atoms with Crippen molar-refractivity contribution in [2.75, 3.05) is 18.8 Å². The molecular formula is C12H21N5OS. The van der Waals surface area contributed by atoms with Gasteiger partial charge in [0, 0.05) is 13.1 Å². The SMILES string of the molecule is CC(C)(C)n1nnnc1SCC(=O)N1CCCCC1. The van der Waals surface area contributed by atoms with Gasteiger partial charge in [0.05, 0.1) is 11.3 Å². The molecule has 2 rings (SSSR count). The maximum absolute atomic E-state index is 12.1. The van der Waals surface area contributed by atoms with Crippen molar-refractivity contribution < 1.29 is 4.79 Å². The normalized spacial score (nSPS) is 16.7. The minimum Gasteiger partial charge on any atom is -0.342 e. The topological polar surface area (TPSA) is 63.9 Å². The van der Waals surface area contributed by atoms with E-state index in [0.717, 1.165) is 25.9 Å². The molecule has 0 aromatic carbocycles. The van der Waals surface area contributed by atoms with Crippen LogP contribution in [0.2, 0.25) is 0 Å². The minimum atomic E-state index is -0.167. The molecule has 0 spiro atoms. The molecule has 2 heterocycles. The Morgan fingerprint density at radius 2 is 1.95 bits per heavy atom. The lowest BCUT2D eigenvalue weighted by molar-refractivity contribution is -0.129. The van der Waals surface area contributed by atoms with Crippen LogP contribution in [0.25, 0.3) is 0 Å². The number of carbonyl (C=O) groups is 1. The molecule has 1 saturated heterocycles. The van der Waals surface area contributed by atoms with Crippen molar-refractivity contribution in [2.24, 2.45) is 0 Å². The van der Waals surface area contributed by atoms with Gasteiger partial charge in [-0.05, 0) is 50.5 Å². The lowest BCUT2D eigenvalue weighted by Gasteiger charge is -2.26. The van der Waals surface area contributed by atoms with Gasteiger partial charge in [-0.25, -0.2) is 4.68 Å². The van der Waals surface area contributed by atoms with Crippen LogP contribution in [0.1, 0.15) is 40.0 Å². The Bertz CT molecular complexity index is 434. The first-order chi connectivity index (χ1) is 8.98. The fraction of sp³-hybridized carbons (Fsp3) is 0.833. The third kappa shape index (κ3) is 3.68. The molecule has 0 atom stereocenters. The molecule has 0 saturated carbocycles. The van der Waals surface area contributed by atoms with Crippen LogP contribution in [0.5, 0.6) is 0 Å². The molecule has 7 heteroatoms. The molecule has 0 aliphatic carbocycles. The summed E-state index contributed by atoms with van der Waals surface area (Å²) in [5.41, 5.74) is -0.167. The van der Waals surface area contributed by atoms with Gasteiger partial charge in [0.25, 0.3) is 0 Å². The molecule has 0 N–H and O–H groups in total. The van der Waals surface area contributed by atoms with Gasteiger partial charge in [0.2, 0.25) is 11.1 Å². The molecule has 1 aromatic rings. The van der Waals surface area contributed by atoms with E-state index >= 15 is 0 Å². The second-order valence-electron chi connectivity index (χ2n) is 5.77. The van der Waals surface area contributed by atoms with E-state index < -0.39 is 0 Å². The molecule has 1 aliphatic rings. The van der Waals surface area contributed by atoms with Gasteiger partial charge in [-0.1, -0.05) is 11.8 Å². The first kappa shape index (κ1) is 14.3. The van der Waals surface area contributed by atoms with Crippen molar-refractivity contribution in [3.8, 4) is 0 Å². The maximum atomic E-state index is 12.1. The summed E-state index contributed by atoms with van der Waals surface area (Å²) in [6.45, 7) is 7.91. The molecule has 0 radical (unpaired) electrons. The molecule has 6 nitrogen and oxygen atoms in total. The number of nitrogens with zero attached hydrogens (tertiary/aromatic N) is 5. The number of piperidine rings is 1.